The zero-order valence-electron chi connectivity index (χ0n) is 17.0. The Bertz CT molecular complexity index is 1040. The first kappa shape index (κ1) is 22.7. The minimum absolute atomic E-state index is 0.221. The van der Waals surface area contributed by atoms with Crippen LogP contribution in [-0.4, -0.2) is 41.7 Å². The number of imide groups is 1. The van der Waals surface area contributed by atoms with E-state index in [1.807, 2.05) is 6.92 Å². The summed E-state index contributed by atoms with van der Waals surface area (Å²) in [4.78, 5) is 37.9. The topological polar surface area (TPSA) is 84.9 Å². The summed E-state index contributed by atoms with van der Waals surface area (Å²) in [6, 6.07) is 11.9. The van der Waals surface area contributed by atoms with E-state index < -0.39 is 0 Å². The molecule has 1 heterocycles. The van der Waals surface area contributed by atoms with Gasteiger partial charge in [0.2, 0.25) is 0 Å². The van der Waals surface area contributed by atoms with Crippen LogP contribution in [0.5, 0.6) is 11.5 Å². The van der Waals surface area contributed by atoms with E-state index in [1.165, 1.54) is 4.90 Å². The molecule has 1 aliphatic heterocycles. The molecule has 0 atom stereocenters. The minimum atomic E-state index is -0.345. The van der Waals surface area contributed by atoms with Gasteiger partial charge in [-0.05, 0) is 67.6 Å². The monoisotopic (exact) mass is 460 g/mol. The van der Waals surface area contributed by atoms with Gasteiger partial charge in [-0.2, -0.15) is 0 Å². The smallest absolute Gasteiger partial charge is 0.293 e. The maximum absolute atomic E-state index is 12.3. The average molecular weight is 461 g/mol. The number of benzene rings is 2. The van der Waals surface area contributed by atoms with Crippen LogP contribution in [0.1, 0.15) is 19.4 Å². The summed E-state index contributed by atoms with van der Waals surface area (Å²) >= 11 is 6.82. The van der Waals surface area contributed by atoms with Crippen LogP contribution in [0, 0.1) is 0 Å². The summed E-state index contributed by atoms with van der Waals surface area (Å²) in [5.41, 5.74) is 1.25. The molecule has 162 valence electrons. The summed E-state index contributed by atoms with van der Waals surface area (Å²) < 4.78 is 11.3. The second kappa shape index (κ2) is 10.4. The Kier molecular flexibility index (Phi) is 7.59. The molecule has 9 heteroatoms. The van der Waals surface area contributed by atoms with Crippen molar-refractivity contribution in [1.29, 1.82) is 0 Å². The molecule has 0 unspecified atom stereocenters. The molecule has 1 saturated heterocycles. The molecule has 2 aromatic carbocycles. The summed E-state index contributed by atoms with van der Waals surface area (Å²) in [6.07, 6.45) is 1.64. The highest BCUT2D eigenvalue weighted by atomic mass is 35.5. The molecule has 3 amide bonds. The summed E-state index contributed by atoms with van der Waals surface area (Å²) in [5.74, 6) is 0.166. The molecule has 3 rings (SSSR count). The minimum Gasteiger partial charge on any atom is -0.490 e. The van der Waals surface area contributed by atoms with Crippen molar-refractivity contribution in [3.8, 4) is 11.5 Å². The molecular weight excluding hydrogens is 440 g/mol. The Labute approximate surface area is 189 Å². The van der Waals surface area contributed by atoms with Gasteiger partial charge in [-0.3, -0.25) is 19.3 Å². The first-order valence-corrected chi connectivity index (χ1v) is 10.8. The van der Waals surface area contributed by atoms with E-state index >= 15 is 0 Å². The second-order valence-corrected chi connectivity index (χ2v) is 7.84. The number of carbonyl (C=O) groups is 3. The van der Waals surface area contributed by atoms with E-state index in [4.69, 9.17) is 21.1 Å². The lowest BCUT2D eigenvalue weighted by atomic mass is 10.2. The van der Waals surface area contributed by atoms with Crippen molar-refractivity contribution in [3.05, 3.63) is 58.0 Å². The Hall–Kier alpha value is -2.97. The molecule has 7 nitrogen and oxygen atoms in total. The SMILES string of the molecule is CCOc1cc(/C=C2/SC(=O)N(CC)C2=O)ccc1OCC(=O)Nc1cccc(Cl)c1. The Morgan fingerprint density at radius 2 is 1.94 bits per heavy atom. The van der Waals surface area contributed by atoms with Gasteiger partial charge in [-0.25, -0.2) is 0 Å². The number of anilines is 1. The predicted octanol–water partition coefficient (Wildman–Crippen LogP) is 4.81. The molecule has 0 saturated carbocycles. The van der Waals surface area contributed by atoms with Gasteiger partial charge in [0.05, 0.1) is 11.5 Å². The number of hydrogen-bond donors (Lipinski definition) is 1. The molecule has 1 aliphatic rings. The van der Waals surface area contributed by atoms with Gasteiger partial charge in [0.15, 0.2) is 18.1 Å². The lowest BCUT2D eigenvalue weighted by Gasteiger charge is -2.13. The summed E-state index contributed by atoms with van der Waals surface area (Å²) in [6.45, 7) is 4.08. The van der Waals surface area contributed by atoms with Crippen LogP contribution < -0.4 is 14.8 Å². The lowest BCUT2D eigenvalue weighted by Crippen LogP contribution is -2.27. The molecule has 1 N–H and O–H groups in total. The Morgan fingerprint density at radius 1 is 1.13 bits per heavy atom. The number of amides is 3. The fraction of sp³-hybridized carbons (Fsp3) is 0.227. The quantitative estimate of drug-likeness (QED) is 0.569. The molecular formula is C22H21ClN2O5S. The van der Waals surface area contributed by atoms with Crippen LogP contribution in [-0.2, 0) is 9.59 Å². The molecule has 0 radical (unpaired) electrons. The Balaban J connectivity index is 1.70. The van der Waals surface area contributed by atoms with E-state index in [2.05, 4.69) is 5.32 Å². The fourth-order valence-corrected chi connectivity index (χ4v) is 3.93. The zero-order valence-corrected chi connectivity index (χ0v) is 18.6. The van der Waals surface area contributed by atoms with Gasteiger partial charge >= 0.3 is 0 Å². The summed E-state index contributed by atoms with van der Waals surface area (Å²) in [7, 11) is 0. The molecule has 0 aliphatic carbocycles. The van der Waals surface area contributed by atoms with Gasteiger partial charge in [0, 0.05) is 17.3 Å². The highest BCUT2D eigenvalue weighted by Crippen LogP contribution is 2.34. The largest absolute Gasteiger partial charge is 0.490 e. The maximum Gasteiger partial charge on any atom is 0.293 e. The number of thioether (sulfide) groups is 1. The molecule has 31 heavy (non-hydrogen) atoms. The number of hydrogen-bond acceptors (Lipinski definition) is 6. The normalized spacial score (nSPS) is 14.8. The van der Waals surface area contributed by atoms with Crippen LogP contribution in [0.25, 0.3) is 6.08 Å². The van der Waals surface area contributed by atoms with Crippen molar-refractivity contribution in [2.24, 2.45) is 0 Å². The predicted molar refractivity (Wildman–Crippen MR) is 122 cm³/mol. The van der Waals surface area contributed by atoms with Gasteiger partial charge in [0.25, 0.3) is 17.1 Å². The maximum atomic E-state index is 12.3. The van der Waals surface area contributed by atoms with Gasteiger partial charge < -0.3 is 14.8 Å². The van der Waals surface area contributed by atoms with E-state index in [9.17, 15) is 14.4 Å². The third kappa shape index (κ3) is 5.80. The molecule has 0 aromatic heterocycles. The van der Waals surface area contributed by atoms with Gasteiger partial charge in [-0.15, -0.1) is 0 Å². The van der Waals surface area contributed by atoms with E-state index in [0.29, 0.717) is 45.8 Å². The first-order valence-electron chi connectivity index (χ1n) is 9.61. The molecule has 1 fully saturated rings. The third-order valence-electron chi connectivity index (χ3n) is 4.22. The van der Waals surface area contributed by atoms with Crippen molar-refractivity contribution < 1.29 is 23.9 Å². The van der Waals surface area contributed by atoms with E-state index in [0.717, 1.165) is 11.8 Å². The number of likely N-dealkylation sites (N-methyl/N-ethyl adjacent to an activating group) is 1. The first-order chi connectivity index (χ1) is 14.9. The van der Waals surface area contributed by atoms with Gasteiger partial charge in [-0.1, -0.05) is 23.7 Å². The second-order valence-electron chi connectivity index (χ2n) is 6.41. The van der Waals surface area contributed by atoms with Crippen LogP contribution >= 0.6 is 23.4 Å². The zero-order chi connectivity index (χ0) is 22.4. The fourth-order valence-electron chi connectivity index (χ4n) is 2.83. The molecule has 0 bridgehead atoms. The number of nitrogens with one attached hydrogen (secondary N) is 1. The molecule has 0 spiro atoms. The number of rotatable bonds is 8. The number of carbonyl (C=O) groups excluding carboxylic acids is 3. The van der Waals surface area contributed by atoms with Crippen molar-refractivity contribution >= 4 is 52.2 Å². The standard InChI is InChI=1S/C22H21ClN2O5S/c1-3-25-21(27)19(31-22(25)28)11-14-8-9-17(18(10-14)29-4-2)30-13-20(26)24-16-7-5-6-15(23)12-16/h5-12H,3-4,13H2,1-2H3,(H,24,26)/b19-11+. The van der Waals surface area contributed by atoms with Crippen molar-refractivity contribution in [3.63, 3.8) is 0 Å². The molecule has 2 aromatic rings. The average Bonchev–Trinajstić information content (AvgIpc) is 3.00. The van der Waals surface area contributed by atoms with Crippen LogP contribution in [0.4, 0.5) is 10.5 Å². The van der Waals surface area contributed by atoms with E-state index in [-0.39, 0.29) is 23.7 Å². The number of ether oxygens (including phenoxy) is 2. The van der Waals surface area contributed by atoms with Crippen molar-refractivity contribution in [2.75, 3.05) is 25.1 Å². The van der Waals surface area contributed by atoms with Crippen LogP contribution in [0.15, 0.2) is 47.4 Å². The highest BCUT2D eigenvalue weighted by Gasteiger charge is 2.33. The number of nitrogens with zero attached hydrogens (tertiary/aromatic N) is 1. The van der Waals surface area contributed by atoms with Crippen molar-refractivity contribution in [1.82, 2.24) is 4.90 Å². The van der Waals surface area contributed by atoms with Crippen LogP contribution in [0.3, 0.4) is 0 Å². The van der Waals surface area contributed by atoms with Crippen molar-refractivity contribution in [2.45, 2.75) is 13.8 Å². The lowest BCUT2D eigenvalue weighted by molar-refractivity contribution is -0.122. The third-order valence-corrected chi connectivity index (χ3v) is 5.36. The Morgan fingerprint density at radius 3 is 2.61 bits per heavy atom. The van der Waals surface area contributed by atoms with Crippen LogP contribution in [0.2, 0.25) is 5.02 Å². The van der Waals surface area contributed by atoms with E-state index in [1.54, 1.807) is 55.5 Å². The highest BCUT2D eigenvalue weighted by molar-refractivity contribution is 8.18. The number of halogens is 1. The van der Waals surface area contributed by atoms with Gasteiger partial charge in [0.1, 0.15) is 0 Å². The summed E-state index contributed by atoms with van der Waals surface area (Å²) in [5, 5.41) is 2.94.